The van der Waals surface area contributed by atoms with E-state index >= 15 is 0 Å². The summed E-state index contributed by atoms with van der Waals surface area (Å²) in [6.07, 6.45) is 2.59. The minimum Gasteiger partial charge on any atom is -0.241 e. The molecule has 0 spiro atoms. The number of nitrogens with zero attached hydrogens (tertiary/aromatic N) is 3. The van der Waals surface area contributed by atoms with Gasteiger partial charge in [-0.2, -0.15) is 4.36 Å². The molecule has 0 radical (unpaired) electrons. The standard InChI is InChI=1S/C29H25N3OS2/c1-3-27-31-28(22-12-10-11-21(2)19-22)29(34-27)23-17-18-30-26(20-23)32-35(33,24-13-6-4-7-14-24)25-15-8-5-9-16-25/h4-20H,3H2,1-2H3. The van der Waals surface area contributed by atoms with E-state index in [4.69, 9.17) is 9.35 Å². The molecule has 2 aromatic heterocycles. The van der Waals surface area contributed by atoms with Gasteiger partial charge in [-0.15, -0.1) is 11.3 Å². The van der Waals surface area contributed by atoms with Crippen LogP contribution in [0.4, 0.5) is 5.82 Å². The highest BCUT2D eigenvalue weighted by atomic mass is 32.2. The number of hydrogen-bond acceptors (Lipinski definition) is 5. The van der Waals surface area contributed by atoms with Crippen molar-refractivity contribution in [2.24, 2.45) is 4.36 Å². The fourth-order valence-corrected chi connectivity index (χ4v) is 6.81. The lowest BCUT2D eigenvalue weighted by molar-refractivity contribution is 0.676. The van der Waals surface area contributed by atoms with Crippen LogP contribution in [-0.2, 0) is 16.1 Å². The van der Waals surface area contributed by atoms with Crippen molar-refractivity contribution in [3.05, 3.63) is 114 Å². The van der Waals surface area contributed by atoms with E-state index in [0.717, 1.165) is 33.1 Å². The molecule has 0 fully saturated rings. The van der Waals surface area contributed by atoms with Gasteiger partial charge in [0.2, 0.25) is 0 Å². The fraction of sp³-hybridized carbons (Fsp3) is 0.103. The van der Waals surface area contributed by atoms with Crippen LogP contribution in [0.3, 0.4) is 0 Å². The van der Waals surface area contributed by atoms with Crippen LogP contribution in [-0.4, -0.2) is 14.2 Å². The minimum atomic E-state index is -2.92. The maximum Gasteiger partial charge on any atom is 0.162 e. The molecule has 0 saturated carbocycles. The molecule has 2 heterocycles. The second-order valence-corrected chi connectivity index (χ2v) is 11.4. The number of hydrogen-bond donors (Lipinski definition) is 0. The first-order valence-corrected chi connectivity index (χ1v) is 13.8. The number of rotatable bonds is 6. The minimum absolute atomic E-state index is 0.432. The lowest BCUT2D eigenvalue weighted by Crippen LogP contribution is -2.01. The Bertz CT molecular complexity index is 1540. The molecule has 0 aliphatic carbocycles. The van der Waals surface area contributed by atoms with Crippen LogP contribution in [0.5, 0.6) is 0 Å². The van der Waals surface area contributed by atoms with Crippen molar-refractivity contribution in [3.8, 4) is 21.7 Å². The molecule has 4 nitrogen and oxygen atoms in total. The van der Waals surface area contributed by atoms with Crippen molar-refractivity contribution in [1.82, 2.24) is 9.97 Å². The predicted octanol–water partition coefficient (Wildman–Crippen LogP) is 7.96. The van der Waals surface area contributed by atoms with Gasteiger partial charge < -0.3 is 0 Å². The molecule has 35 heavy (non-hydrogen) atoms. The zero-order valence-corrected chi connectivity index (χ0v) is 21.2. The first-order valence-electron chi connectivity index (χ1n) is 11.5. The third-order valence-electron chi connectivity index (χ3n) is 5.62. The molecule has 0 saturated heterocycles. The van der Waals surface area contributed by atoms with Crippen LogP contribution >= 0.6 is 11.3 Å². The lowest BCUT2D eigenvalue weighted by Gasteiger charge is -2.11. The Hall–Kier alpha value is -3.61. The quantitative estimate of drug-likeness (QED) is 0.240. The summed E-state index contributed by atoms with van der Waals surface area (Å²) in [4.78, 5) is 11.8. The first kappa shape index (κ1) is 23.1. The van der Waals surface area contributed by atoms with Crippen LogP contribution in [0.15, 0.2) is 117 Å². The van der Waals surface area contributed by atoms with E-state index in [0.29, 0.717) is 15.6 Å². The summed E-state index contributed by atoms with van der Waals surface area (Å²) in [6.45, 7) is 4.20. The molecular formula is C29H25N3OS2. The van der Waals surface area contributed by atoms with E-state index in [9.17, 15) is 4.21 Å². The summed E-state index contributed by atoms with van der Waals surface area (Å²) in [5, 5.41) is 1.07. The smallest absolute Gasteiger partial charge is 0.162 e. The van der Waals surface area contributed by atoms with Crippen LogP contribution in [0.1, 0.15) is 17.5 Å². The van der Waals surface area contributed by atoms with Gasteiger partial charge in [0.25, 0.3) is 0 Å². The second kappa shape index (κ2) is 9.94. The Morgan fingerprint density at radius 2 is 1.51 bits per heavy atom. The van der Waals surface area contributed by atoms with Crippen LogP contribution in [0.2, 0.25) is 0 Å². The summed E-state index contributed by atoms with van der Waals surface area (Å²) >= 11 is 1.68. The normalized spacial score (nSPS) is 11.4. The van der Waals surface area contributed by atoms with Crippen molar-refractivity contribution in [3.63, 3.8) is 0 Å². The number of benzene rings is 3. The zero-order chi connectivity index (χ0) is 24.3. The van der Waals surface area contributed by atoms with Crippen molar-refractivity contribution in [1.29, 1.82) is 0 Å². The Labute approximate surface area is 210 Å². The third-order valence-corrected chi connectivity index (χ3v) is 9.14. The van der Waals surface area contributed by atoms with Crippen LogP contribution in [0, 0.1) is 6.92 Å². The summed E-state index contributed by atoms with van der Waals surface area (Å²) in [5.41, 5.74) is 4.20. The van der Waals surface area contributed by atoms with Gasteiger partial charge in [0.05, 0.1) is 25.4 Å². The molecule has 174 valence electrons. The highest BCUT2D eigenvalue weighted by Crippen LogP contribution is 2.38. The van der Waals surface area contributed by atoms with Crippen molar-refractivity contribution < 1.29 is 4.21 Å². The fourth-order valence-electron chi connectivity index (χ4n) is 3.89. The molecule has 0 atom stereocenters. The number of aromatic nitrogens is 2. The highest BCUT2D eigenvalue weighted by molar-refractivity contribution is 7.93. The summed E-state index contributed by atoms with van der Waals surface area (Å²) in [6, 6.07) is 31.1. The number of aryl methyl sites for hydroxylation is 2. The zero-order valence-electron chi connectivity index (χ0n) is 19.6. The van der Waals surface area contributed by atoms with Gasteiger partial charge in [-0.05, 0) is 61.4 Å². The van der Waals surface area contributed by atoms with Gasteiger partial charge >= 0.3 is 0 Å². The average molecular weight is 496 g/mol. The van der Waals surface area contributed by atoms with Gasteiger partial charge in [0.1, 0.15) is 9.73 Å². The van der Waals surface area contributed by atoms with Crippen molar-refractivity contribution in [2.45, 2.75) is 30.1 Å². The van der Waals surface area contributed by atoms with E-state index in [1.807, 2.05) is 72.8 Å². The van der Waals surface area contributed by atoms with Crippen LogP contribution in [0.25, 0.3) is 21.7 Å². The van der Waals surface area contributed by atoms with Gasteiger partial charge in [-0.1, -0.05) is 67.1 Å². The van der Waals surface area contributed by atoms with E-state index < -0.39 is 9.73 Å². The van der Waals surface area contributed by atoms with E-state index in [-0.39, 0.29) is 0 Å². The monoisotopic (exact) mass is 495 g/mol. The van der Waals surface area contributed by atoms with Gasteiger partial charge in [0.15, 0.2) is 5.82 Å². The summed E-state index contributed by atoms with van der Waals surface area (Å²) in [7, 11) is -2.92. The molecule has 5 aromatic rings. The molecule has 0 amide bonds. The van der Waals surface area contributed by atoms with Crippen molar-refractivity contribution in [2.75, 3.05) is 0 Å². The van der Waals surface area contributed by atoms with Crippen molar-refractivity contribution >= 4 is 26.9 Å². The number of pyridine rings is 1. The Balaban J connectivity index is 1.67. The molecule has 6 heteroatoms. The Morgan fingerprint density at radius 1 is 0.829 bits per heavy atom. The Morgan fingerprint density at radius 3 is 2.14 bits per heavy atom. The molecule has 5 rings (SSSR count). The first-order chi connectivity index (χ1) is 17.1. The van der Waals surface area contributed by atoms with E-state index in [1.54, 1.807) is 17.5 Å². The molecule has 0 aliphatic heterocycles. The highest BCUT2D eigenvalue weighted by Gasteiger charge is 2.18. The molecule has 0 N–H and O–H groups in total. The van der Waals surface area contributed by atoms with Crippen LogP contribution < -0.4 is 0 Å². The SMILES string of the molecule is CCc1nc(-c2cccc(C)c2)c(-c2ccnc(N=S(=O)(c3ccccc3)c3ccccc3)c2)s1. The average Bonchev–Trinajstić information content (AvgIpc) is 3.35. The molecule has 0 unspecified atom stereocenters. The van der Waals surface area contributed by atoms with E-state index in [1.165, 1.54) is 5.56 Å². The second-order valence-electron chi connectivity index (χ2n) is 8.15. The molecular weight excluding hydrogens is 470 g/mol. The maximum absolute atomic E-state index is 14.4. The molecule has 0 aliphatic rings. The molecule has 3 aromatic carbocycles. The maximum atomic E-state index is 14.4. The summed E-state index contributed by atoms with van der Waals surface area (Å²) in [5.74, 6) is 0.432. The Kier molecular flexibility index (Phi) is 6.57. The van der Waals surface area contributed by atoms with E-state index in [2.05, 4.69) is 43.1 Å². The van der Waals surface area contributed by atoms with Gasteiger partial charge in [0, 0.05) is 11.8 Å². The topological polar surface area (TPSA) is 55.2 Å². The predicted molar refractivity (Wildman–Crippen MR) is 145 cm³/mol. The summed E-state index contributed by atoms with van der Waals surface area (Å²) < 4.78 is 19.1. The molecule has 0 bridgehead atoms. The van der Waals surface area contributed by atoms with Gasteiger partial charge in [-0.25, -0.2) is 14.2 Å². The van der Waals surface area contributed by atoms with Gasteiger partial charge in [-0.3, -0.25) is 0 Å². The largest absolute Gasteiger partial charge is 0.241 e. The number of thiazole rings is 1. The third kappa shape index (κ3) is 4.81. The lowest BCUT2D eigenvalue weighted by atomic mass is 10.1.